The van der Waals surface area contributed by atoms with Crippen molar-refractivity contribution < 1.29 is 9.59 Å². The van der Waals surface area contributed by atoms with Crippen molar-refractivity contribution in [2.45, 2.75) is 31.2 Å². The number of hydrogen-bond donors (Lipinski definition) is 1. The Morgan fingerprint density at radius 1 is 1.24 bits per heavy atom. The van der Waals surface area contributed by atoms with E-state index in [2.05, 4.69) is 25.2 Å². The quantitative estimate of drug-likeness (QED) is 0.828. The molecule has 132 valence electrons. The Kier molecular flexibility index (Phi) is 5.81. The minimum Gasteiger partial charge on any atom is -0.348 e. The van der Waals surface area contributed by atoms with Crippen molar-refractivity contribution in [3.8, 4) is 0 Å². The average Bonchev–Trinajstić information content (AvgIpc) is 3.12. The second kappa shape index (κ2) is 8.06. The summed E-state index contributed by atoms with van der Waals surface area (Å²) in [6, 6.07) is 11.9. The zero-order valence-electron chi connectivity index (χ0n) is 14.4. The van der Waals surface area contributed by atoms with Gasteiger partial charge in [0.25, 0.3) is 0 Å². The van der Waals surface area contributed by atoms with Gasteiger partial charge in [-0.3, -0.25) is 9.59 Å². The molecule has 25 heavy (non-hydrogen) atoms. The van der Waals surface area contributed by atoms with Crippen molar-refractivity contribution in [2.75, 3.05) is 17.2 Å². The molecule has 1 aromatic carbocycles. The first-order chi connectivity index (χ1) is 12.1. The zero-order chi connectivity index (χ0) is 17.8. The molecule has 1 N–H and O–H groups in total. The van der Waals surface area contributed by atoms with Gasteiger partial charge in [-0.15, -0.1) is 23.1 Å². The molecule has 4 nitrogen and oxygen atoms in total. The Bertz CT molecular complexity index is 744. The van der Waals surface area contributed by atoms with E-state index in [1.54, 1.807) is 28.0 Å². The molecular formula is C19H22N2O2S2. The maximum absolute atomic E-state index is 12.5. The van der Waals surface area contributed by atoms with Gasteiger partial charge in [-0.25, -0.2) is 0 Å². The van der Waals surface area contributed by atoms with Crippen molar-refractivity contribution in [2.24, 2.45) is 5.92 Å². The summed E-state index contributed by atoms with van der Waals surface area (Å²) < 4.78 is 0. The molecule has 2 amide bonds. The number of carbonyl (C=O) groups is 2. The van der Waals surface area contributed by atoms with Crippen molar-refractivity contribution in [3.05, 3.63) is 46.7 Å². The third-order valence-electron chi connectivity index (χ3n) is 4.20. The van der Waals surface area contributed by atoms with Crippen molar-refractivity contribution in [1.82, 2.24) is 5.32 Å². The minimum atomic E-state index is -0.0180. The molecule has 0 aliphatic carbocycles. The van der Waals surface area contributed by atoms with Gasteiger partial charge in [0.1, 0.15) is 0 Å². The van der Waals surface area contributed by atoms with Gasteiger partial charge in [-0.2, -0.15) is 0 Å². The molecule has 3 rings (SSSR count). The van der Waals surface area contributed by atoms with E-state index in [1.165, 1.54) is 4.88 Å². The number of thioether (sulfide) groups is 1. The molecule has 6 heteroatoms. The van der Waals surface area contributed by atoms with E-state index in [0.29, 0.717) is 24.6 Å². The third-order valence-corrected chi connectivity index (χ3v) is 6.21. The third kappa shape index (κ3) is 4.25. The second-order valence-corrected chi connectivity index (χ2v) is 8.35. The first-order valence-electron chi connectivity index (χ1n) is 8.41. The van der Waals surface area contributed by atoms with E-state index in [-0.39, 0.29) is 17.9 Å². The van der Waals surface area contributed by atoms with Gasteiger partial charge in [0.05, 0.1) is 17.5 Å². The lowest BCUT2D eigenvalue weighted by Gasteiger charge is -2.29. The smallest absolute Gasteiger partial charge is 0.237 e. The van der Waals surface area contributed by atoms with Crippen LogP contribution in [0.3, 0.4) is 0 Å². The first-order valence-corrected chi connectivity index (χ1v) is 10.3. The number of carbonyl (C=O) groups excluding carboxylic acids is 2. The van der Waals surface area contributed by atoms with Crippen LogP contribution >= 0.6 is 23.1 Å². The number of nitrogens with zero attached hydrogens (tertiary/aromatic N) is 1. The fourth-order valence-electron chi connectivity index (χ4n) is 2.89. The summed E-state index contributed by atoms with van der Waals surface area (Å²) >= 11 is 3.21. The molecular weight excluding hydrogens is 352 g/mol. The Morgan fingerprint density at radius 2 is 2.04 bits per heavy atom. The molecule has 1 atom stereocenters. The van der Waals surface area contributed by atoms with Crippen LogP contribution in [0.4, 0.5) is 5.69 Å². The fraction of sp³-hybridized carbons (Fsp3) is 0.368. The summed E-state index contributed by atoms with van der Waals surface area (Å²) in [4.78, 5) is 28.7. The van der Waals surface area contributed by atoms with E-state index >= 15 is 0 Å². The standard InChI is InChI=1S/C19H22N2O2S2/c1-13(2)19(16-8-5-11-24-16)20-17(22)9-10-21-14-6-3-4-7-15(14)25-12-18(21)23/h3-8,11,13,19H,9-10,12H2,1-2H3,(H,20,22)/t19-/m0/s1. The highest BCUT2D eigenvalue weighted by molar-refractivity contribution is 8.00. The molecule has 0 saturated heterocycles. The van der Waals surface area contributed by atoms with Crippen LogP contribution in [0.1, 0.15) is 31.2 Å². The fourth-order valence-corrected chi connectivity index (χ4v) is 4.78. The molecule has 1 aliphatic heterocycles. The van der Waals surface area contributed by atoms with Gasteiger partial charge in [-0.1, -0.05) is 32.0 Å². The number of anilines is 1. The molecule has 0 spiro atoms. The molecule has 0 unspecified atom stereocenters. The second-order valence-electron chi connectivity index (χ2n) is 6.36. The highest BCUT2D eigenvalue weighted by Gasteiger charge is 2.25. The van der Waals surface area contributed by atoms with Gasteiger partial charge in [0, 0.05) is 22.7 Å². The first kappa shape index (κ1) is 18.0. The molecule has 1 aromatic heterocycles. The topological polar surface area (TPSA) is 49.4 Å². The summed E-state index contributed by atoms with van der Waals surface area (Å²) in [5.74, 6) is 0.796. The molecule has 2 heterocycles. The minimum absolute atomic E-state index is 0.0180. The Balaban J connectivity index is 1.63. The van der Waals surface area contributed by atoms with Gasteiger partial charge in [0.15, 0.2) is 0 Å². The number of rotatable bonds is 6. The Hall–Kier alpha value is -1.79. The molecule has 0 bridgehead atoms. The van der Waals surface area contributed by atoms with Crippen molar-refractivity contribution in [1.29, 1.82) is 0 Å². The summed E-state index contributed by atoms with van der Waals surface area (Å²) in [5, 5.41) is 5.15. The van der Waals surface area contributed by atoms with Gasteiger partial charge >= 0.3 is 0 Å². The number of para-hydroxylation sites is 1. The van der Waals surface area contributed by atoms with Crippen LogP contribution in [0.25, 0.3) is 0 Å². The van der Waals surface area contributed by atoms with Crippen molar-refractivity contribution in [3.63, 3.8) is 0 Å². The molecule has 0 fully saturated rings. The predicted octanol–water partition coefficient (Wildman–Crippen LogP) is 4.09. The average molecular weight is 375 g/mol. The van der Waals surface area contributed by atoms with Crippen LogP contribution in [0.5, 0.6) is 0 Å². The maximum Gasteiger partial charge on any atom is 0.237 e. The lowest BCUT2D eigenvalue weighted by molar-refractivity contribution is -0.122. The lowest BCUT2D eigenvalue weighted by atomic mass is 10.0. The van der Waals surface area contributed by atoms with E-state index in [1.807, 2.05) is 35.7 Å². The number of nitrogens with one attached hydrogen (secondary N) is 1. The molecule has 1 aliphatic rings. The molecule has 2 aromatic rings. The number of amides is 2. The number of thiophene rings is 1. The SMILES string of the molecule is CC(C)[C@H](NC(=O)CCN1C(=O)CSc2ccccc21)c1cccs1. The van der Waals surface area contributed by atoms with E-state index in [9.17, 15) is 9.59 Å². The summed E-state index contributed by atoms with van der Waals surface area (Å²) in [6.07, 6.45) is 0.305. The Morgan fingerprint density at radius 3 is 2.76 bits per heavy atom. The van der Waals surface area contributed by atoms with Gasteiger partial charge < -0.3 is 10.2 Å². The van der Waals surface area contributed by atoms with Crippen LogP contribution in [0.2, 0.25) is 0 Å². The van der Waals surface area contributed by atoms with E-state index in [0.717, 1.165) is 10.6 Å². The van der Waals surface area contributed by atoms with Crippen LogP contribution in [0.15, 0.2) is 46.7 Å². The monoisotopic (exact) mass is 374 g/mol. The van der Waals surface area contributed by atoms with Gasteiger partial charge in [-0.05, 0) is 29.5 Å². The zero-order valence-corrected chi connectivity index (χ0v) is 16.0. The largest absolute Gasteiger partial charge is 0.348 e. The van der Waals surface area contributed by atoms with Crippen molar-refractivity contribution >= 4 is 40.6 Å². The summed E-state index contributed by atoms with van der Waals surface area (Å²) in [7, 11) is 0. The highest BCUT2D eigenvalue weighted by Crippen LogP contribution is 2.35. The van der Waals surface area contributed by atoms with Gasteiger partial charge in [0.2, 0.25) is 11.8 Å². The van der Waals surface area contributed by atoms with Crippen LogP contribution < -0.4 is 10.2 Å². The number of benzene rings is 1. The maximum atomic E-state index is 12.5. The lowest BCUT2D eigenvalue weighted by Crippen LogP contribution is -2.39. The molecule has 0 saturated carbocycles. The number of hydrogen-bond acceptors (Lipinski definition) is 4. The van der Waals surface area contributed by atoms with E-state index in [4.69, 9.17) is 0 Å². The summed E-state index contributed by atoms with van der Waals surface area (Å²) in [5.41, 5.74) is 0.912. The van der Waals surface area contributed by atoms with Crippen LogP contribution in [-0.2, 0) is 9.59 Å². The van der Waals surface area contributed by atoms with Crippen LogP contribution in [0, 0.1) is 5.92 Å². The normalized spacial score (nSPS) is 15.2. The van der Waals surface area contributed by atoms with Crippen LogP contribution in [-0.4, -0.2) is 24.1 Å². The summed E-state index contributed by atoms with van der Waals surface area (Å²) in [6.45, 7) is 4.62. The van der Waals surface area contributed by atoms with E-state index < -0.39 is 0 Å². The number of fused-ring (bicyclic) bond motifs is 1. The Labute approximate surface area is 156 Å². The predicted molar refractivity (Wildman–Crippen MR) is 104 cm³/mol. The highest BCUT2D eigenvalue weighted by atomic mass is 32.2. The molecule has 0 radical (unpaired) electrons.